The molecule has 0 saturated heterocycles. The van der Waals surface area contributed by atoms with E-state index in [4.69, 9.17) is 5.11 Å². The second-order valence-electron chi connectivity index (χ2n) is 7.61. The fraction of sp³-hybridized carbons (Fsp3) is 0.250. The molecule has 1 aliphatic rings. The number of hydrogen-bond acceptors (Lipinski definition) is 4. The van der Waals surface area contributed by atoms with Gasteiger partial charge < -0.3 is 15.3 Å². The molecule has 0 saturated carbocycles. The summed E-state index contributed by atoms with van der Waals surface area (Å²) in [7, 11) is 1.53. The van der Waals surface area contributed by atoms with Crippen LogP contribution in [0.2, 0.25) is 0 Å². The third-order valence-electron chi connectivity index (χ3n) is 5.14. The molecule has 1 heterocycles. The fourth-order valence-corrected chi connectivity index (χ4v) is 3.56. The first-order valence-corrected chi connectivity index (χ1v) is 10.2. The monoisotopic (exact) mass is 435 g/mol. The van der Waals surface area contributed by atoms with Crippen LogP contribution in [0.25, 0.3) is 0 Å². The minimum Gasteiger partial charge on any atom is -0.481 e. The second-order valence-corrected chi connectivity index (χ2v) is 7.61. The zero-order valence-corrected chi connectivity index (χ0v) is 17.9. The van der Waals surface area contributed by atoms with Crippen LogP contribution < -0.4 is 10.2 Å². The number of aliphatic carboxylic acids is 1. The number of Topliss-reactive ketones (excluding diaryl/α,β-unsaturated/α-hetero) is 1. The molecule has 3 rings (SSSR count). The minimum atomic E-state index is -1.37. The Labute approximate surface area is 186 Å². The summed E-state index contributed by atoms with van der Waals surface area (Å²) in [6.07, 6.45) is 1.76. The summed E-state index contributed by atoms with van der Waals surface area (Å²) in [5.41, 5.74) is 2.70. The number of benzene rings is 2. The van der Waals surface area contributed by atoms with Gasteiger partial charge in [0.15, 0.2) is 11.8 Å². The van der Waals surface area contributed by atoms with Gasteiger partial charge in [-0.1, -0.05) is 42.5 Å². The number of nitrogens with one attached hydrogen (secondary N) is 1. The van der Waals surface area contributed by atoms with E-state index in [0.29, 0.717) is 17.7 Å². The number of nitrogens with zero attached hydrogens (tertiary/aromatic N) is 2. The number of ketones is 1. The van der Waals surface area contributed by atoms with Crippen molar-refractivity contribution < 1.29 is 24.3 Å². The first-order chi connectivity index (χ1) is 15.3. The normalized spacial score (nSPS) is 15.9. The Kier molecular flexibility index (Phi) is 7.04. The van der Waals surface area contributed by atoms with E-state index in [0.717, 1.165) is 16.0 Å². The average Bonchev–Trinajstić information content (AvgIpc) is 2.76. The van der Waals surface area contributed by atoms with Gasteiger partial charge in [0.25, 0.3) is 5.91 Å². The lowest BCUT2D eigenvalue weighted by Gasteiger charge is -2.34. The number of carbonyl (C=O) groups excluding carboxylic acids is 3. The third kappa shape index (κ3) is 5.21. The van der Waals surface area contributed by atoms with Crippen molar-refractivity contribution in [3.05, 3.63) is 77.5 Å². The molecular weight excluding hydrogens is 410 g/mol. The molecule has 8 nitrogen and oxygen atoms in total. The molecule has 0 bridgehead atoms. The summed E-state index contributed by atoms with van der Waals surface area (Å²) in [6.45, 7) is 1.46. The molecule has 0 fully saturated rings. The van der Waals surface area contributed by atoms with Crippen LogP contribution in [-0.4, -0.2) is 53.3 Å². The summed E-state index contributed by atoms with van der Waals surface area (Å²) in [6, 6.07) is 14.8. The van der Waals surface area contributed by atoms with E-state index in [1.54, 1.807) is 25.1 Å². The SMILES string of the molecule is CC1=CN(C)C(=O)[C@@H](N(C(=O)NCCC(=O)O)c2cccc(Cc3ccccc3)c2)C1=O. The van der Waals surface area contributed by atoms with Crippen LogP contribution in [0.4, 0.5) is 10.5 Å². The molecule has 1 atom stereocenters. The van der Waals surface area contributed by atoms with Crippen molar-refractivity contribution in [1.82, 2.24) is 10.2 Å². The standard InChI is InChI=1S/C24H25N3O5/c1-16-15-26(2)23(31)21(22(16)30)27(24(32)25-12-11-20(28)29)19-10-6-9-18(14-19)13-17-7-4-3-5-8-17/h3-10,14-15,21H,11-13H2,1-2H3,(H,25,32)(H,28,29)/t21-/m0/s1. The van der Waals surface area contributed by atoms with Crippen molar-refractivity contribution in [1.29, 1.82) is 0 Å². The maximum Gasteiger partial charge on any atom is 0.323 e. The number of urea groups is 1. The second kappa shape index (κ2) is 9.91. The Bertz CT molecular complexity index is 1060. The van der Waals surface area contributed by atoms with Crippen LogP contribution in [0, 0.1) is 0 Å². The number of carboxylic acids is 1. The van der Waals surface area contributed by atoms with Crippen LogP contribution in [0.5, 0.6) is 0 Å². The molecule has 0 radical (unpaired) electrons. The van der Waals surface area contributed by atoms with E-state index in [1.165, 1.54) is 18.1 Å². The molecular formula is C24H25N3O5. The Morgan fingerprint density at radius 1 is 1.06 bits per heavy atom. The van der Waals surface area contributed by atoms with Gasteiger partial charge in [0.1, 0.15) is 0 Å². The van der Waals surface area contributed by atoms with Gasteiger partial charge in [0.2, 0.25) is 0 Å². The molecule has 0 spiro atoms. The summed E-state index contributed by atoms with van der Waals surface area (Å²) in [5.74, 6) is -2.08. The number of amides is 3. The van der Waals surface area contributed by atoms with Crippen molar-refractivity contribution >= 4 is 29.4 Å². The van der Waals surface area contributed by atoms with Gasteiger partial charge in [-0.3, -0.25) is 19.3 Å². The van der Waals surface area contributed by atoms with Gasteiger partial charge in [-0.15, -0.1) is 0 Å². The molecule has 2 aromatic carbocycles. The maximum absolute atomic E-state index is 13.1. The molecule has 0 aliphatic carbocycles. The number of hydrogen-bond donors (Lipinski definition) is 2. The van der Waals surface area contributed by atoms with E-state index in [-0.39, 0.29) is 13.0 Å². The highest BCUT2D eigenvalue weighted by molar-refractivity contribution is 6.21. The molecule has 3 amide bonds. The van der Waals surface area contributed by atoms with Crippen molar-refractivity contribution in [2.75, 3.05) is 18.5 Å². The highest BCUT2D eigenvalue weighted by atomic mass is 16.4. The number of likely N-dealkylation sites (N-methyl/N-ethyl adjacent to an activating group) is 1. The van der Waals surface area contributed by atoms with Gasteiger partial charge >= 0.3 is 12.0 Å². The predicted molar refractivity (Wildman–Crippen MR) is 119 cm³/mol. The molecule has 1 aliphatic heterocycles. The number of carboxylic acid groups (broad SMARTS) is 1. The summed E-state index contributed by atoms with van der Waals surface area (Å²) >= 11 is 0. The van der Waals surface area contributed by atoms with Crippen molar-refractivity contribution in [3.63, 3.8) is 0 Å². The van der Waals surface area contributed by atoms with Crippen LogP contribution in [-0.2, 0) is 20.8 Å². The minimum absolute atomic E-state index is 0.131. The first-order valence-electron chi connectivity index (χ1n) is 10.2. The zero-order valence-electron chi connectivity index (χ0n) is 17.9. The van der Waals surface area contributed by atoms with Gasteiger partial charge in [0.05, 0.1) is 6.42 Å². The van der Waals surface area contributed by atoms with Gasteiger partial charge in [0, 0.05) is 31.1 Å². The maximum atomic E-state index is 13.1. The molecule has 2 aromatic rings. The van der Waals surface area contributed by atoms with Crippen LogP contribution in [0.1, 0.15) is 24.5 Å². The Balaban J connectivity index is 1.97. The fourth-order valence-electron chi connectivity index (χ4n) is 3.56. The van der Waals surface area contributed by atoms with Crippen molar-refractivity contribution in [3.8, 4) is 0 Å². The Morgan fingerprint density at radius 2 is 1.75 bits per heavy atom. The lowest BCUT2D eigenvalue weighted by Crippen LogP contribution is -2.58. The van der Waals surface area contributed by atoms with Gasteiger partial charge in [-0.25, -0.2) is 4.79 Å². The predicted octanol–water partition coefficient (Wildman–Crippen LogP) is 2.58. The molecule has 0 aromatic heterocycles. The Hall–Kier alpha value is -3.94. The van der Waals surface area contributed by atoms with E-state index >= 15 is 0 Å². The largest absolute Gasteiger partial charge is 0.481 e. The molecule has 32 heavy (non-hydrogen) atoms. The first kappa shape index (κ1) is 22.7. The van der Waals surface area contributed by atoms with Crippen molar-refractivity contribution in [2.45, 2.75) is 25.8 Å². The molecule has 8 heteroatoms. The smallest absolute Gasteiger partial charge is 0.323 e. The highest BCUT2D eigenvalue weighted by Gasteiger charge is 2.41. The van der Waals surface area contributed by atoms with Gasteiger partial charge in [-0.05, 0) is 36.6 Å². The number of rotatable bonds is 7. The lowest BCUT2D eigenvalue weighted by molar-refractivity contribution is -0.137. The lowest BCUT2D eigenvalue weighted by atomic mass is 9.98. The molecule has 0 unspecified atom stereocenters. The van der Waals surface area contributed by atoms with Crippen LogP contribution >= 0.6 is 0 Å². The van der Waals surface area contributed by atoms with E-state index in [9.17, 15) is 19.2 Å². The van der Waals surface area contributed by atoms with Gasteiger partial charge in [-0.2, -0.15) is 0 Å². The topological polar surface area (TPSA) is 107 Å². The van der Waals surface area contributed by atoms with E-state index in [2.05, 4.69) is 5.32 Å². The van der Waals surface area contributed by atoms with Crippen molar-refractivity contribution in [2.24, 2.45) is 0 Å². The van der Waals surface area contributed by atoms with E-state index in [1.807, 2.05) is 36.4 Å². The molecule has 166 valence electrons. The number of carbonyl (C=O) groups is 4. The summed E-state index contributed by atoms with van der Waals surface area (Å²) < 4.78 is 0. The third-order valence-corrected chi connectivity index (χ3v) is 5.14. The van der Waals surface area contributed by atoms with E-state index < -0.39 is 29.7 Å². The van der Waals surface area contributed by atoms with Crippen LogP contribution in [0.15, 0.2) is 66.4 Å². The quantitative estimate of drug-likeness (QED) is 0.650. The average molecular weight is 435 g/mol. The summed E-state index contributed by atoms with van der Waals surface area (Å²) in [4.78, 5) is 52.2. The number of anilines is 1. The van der Waals surface area contributed by atoms with Crippen LogP contribution in [0.3, 0.4) is 0 Å². The molecule has 2 N–H and O–H groups in total. The zero-order chi connectivity index (χ0) is 23.3. The summed E-state index contributed by atoms with van der Waals surface area (Å²) in [5, 5.41) is 11.4. The Morgan fingerprint density at radius 3 is 2.44 bits per heavy atom. The highest BCUT2D eigenvalue weighted by Crippen LogP contribution is 2.25.